The molecule has 1 aromatic rings. The first kappa shape index (κ1) is 13.5. The molecule has 0 heterocycles. The number of benzene rings is 1. The number of hydrogen-bond donors (Lipinski definition) is 1. The van der Waals surface area contributed by atoms with E-state index in [4.69, 9.17) is 28.3 Å². The SMILES string of the molecule is CCC(C(=O)O)S(=O)c1cc(Cl)ccc1Cl. The summed E-state index contributed by atoms with van der Waals surface area (Å²) in [6.45, 7) is 1.66. The van der Waals surface area contributed by atoms with Crippen LogP contribution in [-0.4, -0.2) is 20.5 Å². The van der Waals surface area contributed by atoms with Crippen LogP contribution in [0.1, 0.15) is 13.3 Å². The molecule has 0 fully saturated rings. The van der Waals surface area contributed by atoms with E-state index >= 15 is 0 Å². The molecule has 0 saturated heterocycles. The summed E-state index contributed by atoms with van der Waals surface area (Å²) in [6, 6.07) is 4.50. The second-order valence-corrected chi connectivity index (χ2v) is 5.55. The minimum absolute atomic E-state index is 0.266. The Labute approximate surface area is 106 Å². The van der Waals surface area contributed by atoms with Gasteiger partial charge in [-0.25, -0.2) is 0 Å². The third-order valence-corrected chi connectivity index (χ3v) is 4.51. The number of rotatable bonds is 4. The van der Waals surface area contributed by atoms with Crippen LogP contribution in [0.15, 0.2) is 23.1 Å². The third-order valence-electron chi connectivity index (χ3n) is 2.01. The normalized spacial score (nSPS) is 14.4. The molecule has 0 bridgehead atoms. The number of halogens is 2. The van der Waals surface area contributed by atoms with Crippen molar-refractivity contribution in [1.82, 2.24) is 0 Å². The highest BCUT2D eigenvalue weighted by atomic mass is 35.5. The molecule has 0 spiro atoms. The summed E-state index contributed by atoms with van der Waals surface area (Å²) >= 11 is 11.6. The quantitative estimate of drug-likeness (QED) is 0.923. The van der Waals surface area contributed by atoms with Crippen molar-refractivity contribution in [1.29, 1.82) is 0 Å². The van der Waals surface area contributed by atoms with Crippen LogP contribution < -0.4 is 0 Å². The van der Waals surface area contributed by atoms with Gasteiger partial charge in [0.2, 0.25) is 0 Å². The number of carboxylic acid groups (broad SMARTS) is 1. The maximum Gasteiger partial charge on any atom is 0.319 e. The lowest BCUT2D eigenvalue weighted by Gasteiger charge is -2.11. The zero-order valence-corrected chi connectivity index (χ0v) is 10.8. The van der Waals surface area contributed by atoms with Crippen molar-refractivity contribution in [2.45, 2.75) is 23.5 Å². The second-order valence-electron chi connectivity index (χ2n) is 3.11. The van der Waals surface area contributed by atoms with E-state index in [9.17, 15) is 9.00 Å². The molecule has 3 nitrogen and oxygen atoms in total. The zero-order valence-electron chi connectivity index (χ0n) is 8.44. The van der Waals surface area contributed by atoms with E-state index in [1.807, 2.05) is 0 Å². The van der Waals surface area contributed by atoms with Gasteiger partial charge in [0.25, 0.3) is 0 Å². The van der Waals surface area contributed by atoms with Gasteiger partial charge < -0.3 is 5.11 Å². The number of carbonyl (C=O) groups is 1. The van der Waals surface area contributed by atoms with Crippen LogP contribution >= 0.6 is 23.2 Å². The highest BCUT2D eigenvalue weighted by Crippen LogP contribution is 2.26. The van der Waals surface area contributed by atoms with Crippen molar-refractivity contribution in [2.75, 3.05) is 0 Å². The molecule has 88 valence electrons. The highest BCUT2D eigenvalue weighted by molar-refractivity contribution is 7.86. The monoisotopic (exact) mass is 280 g/mol. The Hall–Kier alpha value is -0.580. The van der Waals surface area contributed by atoms with Gasteiger partial charge in [-0.05, 0) is 24.6 Å². The molecule has 0 aliphatic rings. The Morgan fingerprint density at radius 2 is 2.12 bits per heavy atom. The van der Waals surface area contributed by atoms with Gasteiger partial charge in [-0.1, -0.05) is 30.1 Å². The molecule has 6 heteroatoms. The minimum atomic E-state index is -1.69. The van der Waals surface area contributed by atoms with Crippen molar-refractivity contribution in [2.24, 2.45) is 0 Å². The standard InChI is InChI=1S/C10H10Cl2O3S/c1-2-8(10(13)14)16(15)9-5-6(11)3-4-7(9)12/h3-5,8H,2H2,1H3,(H,13,14). The van der Waals surface area contributed by atoms with Gasteiger partial charge in [0.1, 0.15) is 5.25 Å². The molecular weight excluding hydrogens is 271 g/mol. The first-order valence-electron chi connectivity index (χ1n) is 4.55. The van der Waals surface area contributed by atoms with Crippen molar-refractivity contribution in [3.63, 3.8) is 0 Å². The molecule has 0 amide bonds. The van der Waals surface area contributed by atoms with Crippen LogP contribution in [-0.2, 0) is 15.6 Å². The average Bonchev–Trinajstić information content (AvgIpc) is 2.22. The summed E-state index contributed by atoms with van der Waals surface area (Å²) in [5.74, 6) is -1.10. The van der Waals surface area contributed by atoms with Crippen LogP contribution in [0.4, 0.5) is 0 Å². The molecule has 0 aliphatic carbocycles. The molecule has 0 aliphatic heterocycles. The second kappa shape index (κ2) is 5.66. The lowest BCUT2D eigenvalue weighted by Crippen LogP contribution is -2.24. The van der Waals surface area contributed by atoms with Gasteiger partial charge in [-0.2, -0.15) is 0 Å². The Balaban J connectivity index is 3.12. The van der Waals surface area contributed by atoms with E-state index in [1.165, 1.54) is 12.1 Å². The van der Waals surface area contributed by atoms with E-state index in [0.717, 1.165) is 0 Å². The van der Waals surface area contributed by atoms with Crippen molar-refractivity contribution >= 4 is 40.0 Å². The van der Waals surface area contributed by atoms with E-state index in [2.05, 4.69) is 0 Å². The predicted molar refractivity (Wildman–Crippen MR) is 64.6 cm³/mol. The molecule has 0 saturated carbocycles. The Morgan fingerprint density at radius 1 is 1.50 bits per heavy atom. The molecule has 1 aromatic carbocycles. The van der Waals surface area contributed by atoms with Crippen LogP contribution in [0.5, 0.6) is 0 Å². The molecular formula is C10H10Cl2O3S. The molecule has 0 radical (unpaired) electrons. The van der Waals surface area contributed by atoms with Gasteiger partial charge in [-0.15, -0.1) is 0 Å². The largest absolute Gasteiger partial charge is 0.480 e. The minimum Gasteiger partial charge on any atom is -0.480 e. The maximum atomic E-state index is 12.0. The number of carboxylic acids is 1. The smallest absolute Gasteiger partial charge is 0.319 e. The highest BCUT2D eigenvalue weighted by Gasteiger charge is 2.25. The Bertz CT molecular complexity index is 434. The summed E-state index contributed by atoms with van der Waals surface area (Å²) in [6.07, 6.45) is 0.269. The maximum absolute atomic E-state index is 12.0. The molecule has 0 aromatic heterocycles. The molecule has 2 atom stereocenters. The van der Waals surface area contributed by atoms with Gasteiger partial charge in [0.15, 0.2) is 0 Å². The molecule has 1 N–H and O–H groups in total. The first-order valence-corrected chi connectivity index (χ1v) is 6.52. The molecule has 16 heavy (non-hydrogen) atoms. The summed E-state index contributed by atoms with van der Waals surface area (Å²) in [4.78, 5) is 11.1. The Morgan fingerprint density at radius 3 is 2.62 bits per heavy atom. The van der Waals surface area contributed by atoms with E-state index < -0.39 is 22.0 Å². The van der Waals surface area contributed by atoms with E-state index in [1.54, 1.807) is 13.0 Å². The fourth-order valence-corrected chi connectivity index (χ4v) is 3.08. The Kier molecular flexibility index (Phi) is 4.77. The summed E-state index contributed by atoms with van der Waals surface area (Å²) < 4.78 is 12.0. The van der Waals surface area contributed by atoms with E-state index in [-0.39, 0.29) is 16.3 Å². The van der Waals surface area contributed by atoms with Crippen molar-refractivity contribution < 1.29 is 14.1 Å². The van der Waals surface area contributed by atoms with Gasteiger partial charge >= 0.3 is 5.97 Å². The average molecular weight is 281 g/mol. The van der Waals surface area contributed by atoms with Crippen LogP contribution in [0.25, 0.3) is 0 Å². The lowest BCUT2D eigenvalue weighted by molar-refractivity contribution is -0.136. The molecule has 2 unspecified atom stereocenters. The predicted octanol–water partition coefficient (Wildman–Crippen LogP) is 2.96. The number of hydrogen-bond acceptors (Lipinski definition) is 2. The first-order chi connectivity index (χ1) is 7.47. The topological polar surface area (TPSA) is 54.4 Å². The van der Waals surface area contributed by atoms with Crippen LogP contribution in [0.2, 0.25) is 10.0 Å². The van der Waals surface area contributed by atoms with Crippen LogP contribution in [0.3, 0.4) is 0 Å². The van der Waals surface area contributed by atoms with E-state index in [0.29, 0.717) is 5.02 Å². The van der Waals surface area contributed by atoms with Gasteiger partial charge in [0.05, 0.1) is 20.7 Å². The van der Waals surface area contributed by atoms with Crippen LogP contribution in [0, 0.1) is 0 Å². The van der Waals surface area contributed by atoms with Gasteiger partial charge in [-0.3, -0.25) is 9.00 Å². The zero-order chi connectivity index (χ0) is 12.3. The fraction of sp³-hybridized carbons (Fsp3) is 0.300. The van der Waals surface area contributed by atoms with Crippen molar-refractivity contribution in [3.05, 3.63) is 28.2 Å². The summed E-state index contributed by atoms with van der Waals surface area (Å²) in [5, 5.41) is 8.58. The number of aliphatic carboxylic acids is 1. The van der Waals surface area contributed by atoms with Crippen molar-refractivity contribution in [3.8, 4) is 0 Å². The summed E-state index contributed by atoms with van der Waals surface area (Å²) in [7, 11) is -1.69. The van der Waals surface area contributed by atoms with Gasteiger partial charge in [0, 0.05) is 5.02 Å². The fourth-order valence-electron chi connectivity index (χ4n) is 1.20. The summed E-state index contributed by atoms with van der Waals surface area (Å²) in [5.41, 5.74) is 0. The molecule has 1 rings (SSSR count). The third kappa shape index (κ3) is 2.97. The lowest BCUT2D eigenvalue weighted by atomic mass is 10.3.